The molecule has 2 aromatic rings. The minimum absolute atomic E-state index is 0.00691. The predicted molar refractivity (Wildman–Crippen MR) is 71.4 cm³/mol. The van der Waals surface area contributed by atoms with Crippen LogP contribution >= 0.6 is 23.2 Å². The SMILES string of the molecule is Nc1nc(Cl)c2ncn([C@@H]3O[C@H](CO)[C@@H](O)[C@@]3(F)Cl)c2n1. The lowest BCUT2D eigenvalue weighted by molar-refractivity contribution is -0.0482. The highest BCUT2D eigenvalue weighted by Gasteiger charge is 2.57. The van der Waals surface area contributed by atoms with Gasteiger partial charge in [0.15, 0.2) is 17.0 Å². The fraction of sp³-hybridized carbons (Fsp3) is 0.500. The molecule has 0 aromatic carbocycles. The third kappa shape index (κ3) is 2.12. The molecule has 0 spiro atoms. The summed E-state index contributed by atoms with van der Waals surface area (Å²) < 4.78 is 20.9. The highest BCUT2D eigenvalue weighted by molar-refractivity contribution is 6.33. The molecule has 0 saturated carbocycles. The van der Waals surface area contributed by atoms with E-state index in [1.165, 1.54) is 6.33 Å². The fourth-order valence-electron chi connectivity index (χ4n) is 2.19. The smallest absolute Gasteiger partial charge is 0.256 e. The topological polar surface area (TPSA) is 119 Å². The molecule has 11 heteroatoms. The summed E-state index contributed by atoms with van der Waals surface area (Å²) >= 11 is 11.6. The van der Waals surface area contributed by atoms with Crippen molar-refractivity contribution in [3.63, 3.8) is 0 Å². The van der Waals surface area contributed by atoms with Gasteiger partial charge in [0, 0.05) is 0 Å². The van der Waals surface area contributed by atoms with Crippen LogP contribution in [0.5, 0.6) is 0 Å². The summed E-state index contributed by atoms with van der Waals surface area (Å²) in [6, 6.07) is 0. The first-order valence-corrected chi connectivity index (χ1v) is 6.59. The number of rotatable bonds is 2. The molecule has 3 heterocycles. The van der Waals surface area contributed by atoms with Gasteiger partial charge in [0.05, 0.1) is 12.9 Å². The van der Waals surface area contributed by atoms with Crippen LogP contribution in [-0.4, -0.2) is 53.7 Å². The maximum absolute atomic E-state index is 14.5. The van der Waals surface area contributed by atoms with Crippen molar-refractivity contribution in [2.45, 2.75) is 23.6 Å². The number of alkyl halides is 2. The molecule has 114 valence electrons. The van der Waals surface area contributed by atoms with Gasteiger partial charge in [-0.1, -0.05) is 23.2 Å². The standard InChI is InChI=1S/C10H10Cl2FN5O3/c11-6-4-7(17-9(14)16-6)18(2-15-4)8-10(12,13)5(20)3(1-19)21-8/h2-3,5,8,19-20H,1H2,(H2,14,16,17)/t3-,5-,8-,10+/m1/s1. The van der Waals surface area contributed by atoms with Crippen molar-refractivity contribution in [1.29, 1.82) is 0 Å². The van der Waals surface area contributed by atoms with E-state index >= 15 is 0 Å². The number of aromatic nitrogens is 4. The average molecular weight is 338 g/mol. The molecule has 1 saturated heterocycles. The molecule has 0 bridgehead atoms. The Morgan fingerprint density at radius 2 is 2.24 bits per heavy atom. The van der Waals surface area contributed by atoms with Crippen LogP contribution in [0.2, 0.25) is 5.15 Å². The number of aliphatic hydroxyl groups excluding tert-OH is 2. The molecule has 1 aliphatic heterocycles. The summed E-state index contributed by atoms with van der Waals surface area (Å²) in [5.74, 6) is -0.134. The quantitative estimate of drug-likeness (QED) is 0.529. The number of aliphatic hydroxyl groups is 2. The van der Waals surface area contributed by atoms with Crippen LogP contribution in [-0.2, 0) is 4.74 Å². The Labute approximate surface area is 127 Å². The lowest BCUT2D eigenvalue weighted by atomic mass is 10.1. The molecule has 0 amide bonds. The summed E-state index contributed by atoms with van der Waals surface area (Å²) in [6.45, 7) is -0.597. The Bertz CT molecular complexity index is 697. The zero-order valence-corrected chi connectivity index (χ0v) is 11.8. The van der Waals surface area contributed by atoms with E-state index in [0.29, 0.717) is 0 Å². The number of imidazole rings is 1. The van der Waals surface area contributed by atoms with E-state index in [-0.39, 0.29) is 22.3 Å². The highest BCUT2D eigenvalue weighted by atomic mass is 35.5. The number of ether oxygens (including phenoxy) is 1. The van der Waals surface area contributed by atoms with E-state index in [2.05, 4.69) is 15.0 Å². The number of fused-ring (bicyclic) bond motifs is 1. The number of nitrogens with zero attached hydrogens (tertiary/aromatic N) is 4. The summed E-state index contributed by atoms with van der Waals surface area (Å²) in [6.07, 6.45) is -3.16. The molecule has 21 heavy (non-hydrogen) atoms. The molecule has 4 N–H and O–H groups in total. The summed E-state index contributed by atoms with van der Waals surface area (Å²) in [5.41, 5.74) is 5.78. The third-order valence-electron chi connectivity index (χ3n) is 3.21. The van der Waals surface area contributed by atoms with Gasteiger partial charge in [0.2, 0.25) is 5.95 Å². The number of nitrogen functional groups attached to an aromatic ring is 1. The molecule has 8 nitrogen and oxygen atoms in total. The molecular formula is C10H10Cl2FN5O3. The number of nitrogens with two attached hydrogens (primary N) is 1. The number of hydrogen-bond donors (Lipinski definition) is 3. The van der Waals surface area contributed by atoms with Crippen LogP contribution in [0.3, 0.4) is 0 Å². The Balaban J connectivity index is 2.13. The second kappa shape index (κ2) is 4.89. The van der Waals surface area contributed by atoms with Crippen LogP contribution in [0.1, 0.15) is 6.23 Å². The van der Waals surface area contributed by atoms with Crippen LogP contribution < -0.4 is 5.73 Å². The summed E-state index contributed by atoms with van der Waals surface area (Å²) in [4.78, 5) is 11.6. The summed E-state index contributed by atoms with van der Waals surface area (Å²) in [7, 11) is 0. The van der Waals surface area contributed by atoms with Gasteiger partial charge in [-0.2, -0.15) is 9.97 Å². The van der Waals surface area contributed by atoms with Crippen LogP contribution in [0.4, 0.5) is 10.3 Å². The third-order valence-corrected chi connectivity index (χ3v) is 3.88. The van der Waals surface area contributed by atoms with Gasteiger partial charge < -0.3 is 20.7 Å². The van der Waals surface area contributed by atoms with E-state index in [9.17, 15) is 9.50 Å². The molecule has 0 aliphatic carbocycles. The second-order valence-electron chi connectivity index (χ2n) is 4.53. The molecule has 2 aromatic heterocycles. The van der Waals surface area contributed by atoms with Crippen molar-refractivity contribution in [2.75, 3.05) is 12.3 Å². The molecule has 1 aliphatic rings. The van der Waals surface area contributed by atoms with Crippen molar-refractivity contribution in [3.8, 4) is 0 Å². The molecule has 1 fully saturated rings. The summed E-state index contributed by atoms with van der Waals surface area (Å²) in [5, 5.41) is 16.2. The first kappa shape index (κ1) is 14.7. The van der Waals surface area contributed by atoms with Gasteiger partial charge in [0.25, 0.3) is 5.13 Å². The van der Waals surface area contributed by atoms with Gasteiger partial charge in [-0.15, -0.1) is 0 Å². The van der Waals surface area contributed by atoms with E-state index < -0.39 is 30.2 Å². The van der Waals surface area contributed by atoms with Crippen molar-refractivity contribution in [3.05, 3.63) is 11.5 Å². The fourth-order valence-corrected chi connectivity index (χ4v) is 2.71. The Hall–Kier alpha value is -1.26. The molecule has 0 radical (unpaired) electrons. The van der Waals surface area contributed by atoms with Gasteiger partial charge >= 0.3 is 0 Å². The largest absolute Gasteiger partial charge is 0.394 e. The lowest BCUT2D eigenvalue weighted by Crippen LogP contribution is -2.38. The zero-order chi connectivity index (χ0) is 15.4. The van der Waals surface area contributed by atoms with Crippen LogP contribution in [0, 0.1) is 0 Å². The van der Waals surface area contributed by atoms with Crippen molar-refractivity contribution >= 4 is 40.3 Å². The normalized spacial score (nSPS) is 32.9. The van der Waals surface area contributed by atoms with E-state index in [4.69, 9.17) is 38.8 Å². The molecule has 3 rings (SSSR count). The Morgan fingerprint density at radius 1 is 1.52 bits per heavy atom. The number of anilines is 1. The maximum Gasteiger partial charge on any atom is 0.256 e. The van der Waals surface area contributed by atoms with Crippen LogP contribution in [0.25, 0.3) is 11.2 Å². The first-order chi connectivity index (χ1) is 9.86. The molecule has 0 unspecified atom stereocenters. The van der Waals surface area contributed by atoms with E-state index in [1.807, 2.05) is 0 Å². The van der Waals surface area contributed by atoms with E-state index in [1.54, 1.807) is 0 Å². The minimum Gasteiger partial charge on any atom is -0.394 e. The Kier molecular flexibility index (Phi) is 3.41. The minimum atomic E-state index is -2.67. The van der Waals surface area contributed by atoms with Crippen molar-refractivity contribution in [2.24, 2.45) is 0 Å². The first-order valence-electron chi connectivity index (χ1n) is 5.84. The maximum atomic E-state index is 14.5. The van der Waals surface area contributed by atoms with Crippen LogP contribution in [0.15, 0.2) is 6.33 Å². The van der Waals surface area contributed by atoms with Gasteiger partial charge in [-0.25, -0.2) is 9.37 Å². The monoisotopic (exact) mass is 337 g/mol. The Morgan fingerprint density at radius 3 is 2.86 bits per heavy atom. The van der Waals surface area contributed by atoms with Crippen molar-refractivity contribution in [1.82, 2.24) is 19.5 Å². The molecule has 4 atom stereocenters. The second-order valence-corrected chi connectivity index (χ2v) is 5.46. The lowest BCUT2D eigenvalue weighted by Gasteiger charge is -2.22. The van der Waals surface area contributed by atoms with E-state index in [0.717, 1.165) is 4.57 Å². The predicted octanol–water partition coefficient (Wildman–Crippen LogP) is 0.217. The van der Waals surface area contributed by atoms with Gasteiger partial charge in [-0.3, -0.25) is 4.57 Å². The van der Waals surface area contributed by atoms with Gasteiger partial charge in [-0.05, 0) is 0 Å². The zero-order valence-electron chi connectivity index (χ0n) is 10.3. The number of halogens is 3. The average Bonchev–Trinajstić information content (AvgIpc) is 2.91. The van der Waals surface area contributed by atoms with Gasteiger partial charge in [0.1, 0.15) is 17.7 Å². The number of hydrogen-bond acceptors (Lipinski definition) is 7. The molecular weight excluding hydrogens is 328 g/mol. The highest BCUT2D eigenvalue weighted by Crippen LogP contribution is 2.45. The van der Waals surface area contributed by atoms with Crippen molar-refractivity contribution < 1.29 is 19.3 Å².